The zero-order valence-corrected chi connectivity index (χ0v) is 12.1. The molecular formula is C11H19N3OS2. The van der Waals surface area contributed by atoms with E-state index in [1.807, 2.05) is 6.20 Å². The normalized spacial score (nSPS) is 12.2. The molecule has 0 aliphatic carbocycles. The summed E-state index contributed by atoms with van der Waals surface area (Å²) in [7, 11) is 1.70. The maximum atomic E-state index is 5.20. The van der Waals surface area contributed by atoms with Crippen LogP contribution < -0.4 is 10.6 Å². The minimum Gasteiger partial charge on any atom is -0.385 e. The first-order valence-electron chi connectivity index (χ1n) is 5.59. The molecule has 2 N–H and O–H groups in total. The number of rotatable bonds is 6. The Morgan fingerprint density at radius 1 is 1.65 bits per heavy atom. The fourth-order valence-corrected chi connectivity index (χ4v) is 2.36. The Kier molecular flexibility index (Phi) is 6.39. The van der Waals surface area contributed by atoms with Crippen LogP contribution >= 0.6 is 23.6 Å². The minimum absolute atomic E-state index is 0.149. The topological polar surface area (TPSA) is 46.2 Å². The van der Waals surface area contributed by atoms with E-state index < -0.39 is 0 Å². The van der Waals surface area contributed by atoms with Gasteiger partial charge in [-0.1, -0.05) is 0 Å². The summed E-state index contributed by atoms with van der Waals surface area (Å²) in [5.74, 6) is 0. The monoisotopic (exact) mass is 273 g/mol. The van der Waals surface area contributed by atoms with Crippen LogP contribution in [0.1, 0.15) is 29.3 Å². The van der Waals surface area contributed by atoms with Crippen LogP contribution in [0.3, 0.4) is 0 Å². The predicted octanol–water partition coefficient (Wildman–Crippen LogP) is 2.01. The van der Waals surface area contributed by atoms with Crippen molar-refractivity contribution in [2.45, 2.75) is 26.3 Å². The summed E-state index contributed by atoms with van der Waals surface area (Å²) in [5.41, 5.74) is 0. The van der Waals surface area contributed by atoms with Gasteiger partial charge in [-0.05, 0) is 32.5 Å². The highest BCUT2D eigenvalue weighted by atomic mass is 32.1. The number of aryl methyl sites for hydroxylation is 1. The minimum atomic E-state index is 0.149. The number of thiocarbonyl (C=S) groups is 1. The SMILES string of the molecule is COCCCNC(=S)NC(C)c1ncc(C)s1. The fraction of sp³-hybridized carbons (Fsp3) is 0.636. The Morgan fingerprint density at radius 3 is 3.00 bits per heavy atom. The summed E-state index contributed by atoms with van der Waals surface area (Å²) in [6.45, 7) is 5.68. The van der Waals surface area contributed by atoms with Crippen molar-refractivity contribution in [3.8, 4) is 0 Å². The van der Waals surface area contributed by atoms with Gasteiger partial charge in [0.2, 0.25) is 0 Å². The maximum Gasteiger partial charge on any atom is 0.166 e. The van der Waals surface area contributed by atoms with E-state index >= 15 is 0 Å². The summed E-state index contributed by atoms with van der Waals surface area (Å²) < 4.78 is 4.96. The molecular weight excluding hydrogens is 254 g/mol. The van der Waals surface area contributed by atoms with Crippen molar-refractivity contribution >= 4 is 28.7 Å². The molecule has 1 atom stereocenters. The standard InChI is InChI=1S/C11H19N3OS2/c1-8-7-13-10(17-8)9(2)14-11(16)12-5-4-6-15-3/h7,9H,4-6H2,1-3H3,(H2,12,14,16). The van der Waals surface area contributed by atoms with Gasteiger partial charge >= 0.3 is 0 Å². The predicted molar refractivity (Wildman–Crippen MR) is 75.5 cm³/mol. The van der Waals surface area contributed by atoms with Crippen LogP contribution in [-0.4, -0.2) is 30.4 Å². The third kappa shape index (κ3) is 5.43. The molecule has 0 fully saturated rings. The number of nitrogens with one attached hydrogen (secondary N) is 2. The lowest BCUT2D eigenvalue weighted by molar-refractivity contribution is 0.195. The molecule has 0 aliphatic rings. The van der Waals surface area contributed by atoms with Gasteiger partial charge < -0.3 is 15.4 Å². The van der Waals surface area contributed by atoms with Crippen LogP contribution in [0.5, 0.6) is 0 Å². The quantitative estimate of drug-likeness (QED) is 0.613. The molecule has 1 heterocycles. The van der Waals surface area contributed by atoms with Gasteiger partial charge in [-0.15, -0.1) is 11.3 Å². The van der Waals surface area contributed by atoms with Crippen molar-refractivity contribution in [1.82, 2.24) is 15.6 Å². The Hall–Kier alpha value is -0.720. The first kappa shape index (κ1) is 14.3. The van der Waals surface area contributed by atoms with Crippen molar-refractivity contribution in [2.24, 2.45) is 0 Å². The highest BCUT2D eigenvalue weighted by molar-refractivity contribution is 7.80. The van der Waals surface area contributed by atoms with Crippen molar-refractivity contribution < 1.29 is 4.74 Å². The van der Waals surface area contributed by atoms with Gasteiger partial charge in [0.15, 0.2) is 5.11 Å². The number of aromatic nitrogens is 1. The summed E-state index contributed by atoms with van der Waals surface area (Å²) in [4.78, 5) is 5.54. The summed E-state index contributed by atoms with van der Waals surface area (Å²) in [5, 5.41) is 8.08. The Balaban J connectivity index is 2.26. The van der Waals surface area contributed by atoms with E-state index in [-0.39, 0.29) is 6.04 Å². The second-order valence-electron chi connectivity index (χ2n) is 3.78. The molecule has 1 unspecified atom stereocenters. The zero-order chi connectivity index (χ0) is 12.7. The fourth-order valence-electron chi connectivity index (χ4n) is 1.30. The summed E-state index contributed by atoms with van der Waals surface area (Å²) in [6, 6.07) is 0.149. The lowest BCUT2D eigenvalue weighted by atomic mass is 10.3. The van der Waals surface area contributed by atoms with Crippen LogP contribution in [0.25, 0.3) is 0 Å². The molecule has 0 radical (unpaired) electrons. The van der Waals surface area contributed by atoms with Crippen molar-refractivity contribution in [2.75, 3.05) is 20.3 Å². The largest absolute Gasteiger partial charge is 0.385 e. The molecule has 0 aliphatic heterocycles. The highest BCUT2D eigenvalue weighted by Gasteiger charge is 2.09. The van der Waals surface area contributed by atoms with E-state index in [4.69, 9.17) is 17.0 Å². The molecule has 0 saturated heterocycles. The molecule has 6 heteroatoms. The highest BCUT2D eigenvalue weighted by Crippen LogP contribution is 2.18. The lowest BCUT2D eigenvalue weighted by Gasteiger charge is -2.14. The molecule has 96 valence electrons. The second kappa shape index (κ2) is 7.58. The molecule has 4 nitrogen and oxygen atoms in total. The van der Waals surface area contributed by atoms with E-state index in [2.05, 4.69) is 29.5 Å². The van der Waals surface area contributed by atoms with Gasteiger partial charge in [0.25, 0.3) is 0 Å². The first-order valence-corrected chi connectivity index (χ1v) is 6.81. The third-order valence-electron chi connectivity index (χ3n) is 2.17. The molecule has 0 spiro atoms. The molecule has 1 aromatic heterocycles. The van der Waals surface area contributed by atoms with E-state index in [0.29, 0.717) is 5.11 Å². The zero-order valence-electron chi connectivity index (χ0n) is 10.4. The van der Waals surface area contributed by atoms with Crippen LogP contribution in [0.2, 0.25) is 0 Å². The van der Waals surface area contributed by atoms with Crippen molar-refractivity contribution in [3.63, 3.8) is 0 Å². The average molecular weight is 273 g/mol. The Morgan fingerprint density at radius 2 is 2.41 bits per heavy atom. The molecule has 1 aromatic rings. The molecule has 0 aromatic carbocycles. The van der Waals surface area contributed by atoms with Crippen LogP contribution in [0.4, 0.5) is 0 Å². The number of thiazole rings is 1. The number of ether oxygens (including phenoxy) is 1. The second-order valence-corrected chi connectivity index (χ2v) is 5.45. The van der Waals surface area contributed by atoms with E-state index in [9.17, 15) is 0 Å². The van der Waals surface area contributed by atoms with Gasteiger partial charge in [-0.3, -0.25) is 0 Å². The lowest BCUT2D eigenvalue weighted by Crippen LogP contribution is -2.37. The Labute approximate surface area is 112 Å². The molecule has 0 amide bonds. The van der Waals surface area contributed by atoms with Gasteiger partial charge in [0.1, 0.15) is 5.01 Å². The molecule has 17 heavy (non-hydrogen) atoms. The van der Waals surface area contributed by atoms with Crippen LogP contribution in [0, 0.1) is 6.92 Å². The summed E-state index contributed by atoms with van der Waals surface area (Å²) >= 11 is 6.89. The van der Waals surface area contributed by atoms with Gasteiger partial charge in [0, 0.05) is 31.3 Å². The van der Waals surface area contributed by atoms with Gasteiger partial charge in [-0.25, -0.2) is 4.98 Å². The molecule has 1 rings (SSSR count). The average Bonchev–Trinajstić information content (AvgIpc) is 2.71. The van der Waals surface area contributed by atoms with Gasteiger partial charge in [0.05, 0.1) is 6.04 Å². The van der Waals surface area contributed by atoms with Crippen molar-refractivity contribution in [3.05, 3.63) is 16.1 Å². The van der Waals surface area contributed by atoms with E-state index in [0.717, 1.165) is 24.6 Å². The smallest absolute Gasteiger partial charge is 0.166 e. The van der Waals surface area contributed by atoms with Crippen molar-refractivity contribution in [1.29, 1.82) is 0 Å². The number of nitrogens with zero attached hydrogens (tertiary/aromatic N) is 1. The molecule has 0 saturated carbocycles. The number of hydrogen-bond acceptors (Lipinski definition) is 4. The van der Waals surface area contributed by atoms with Crippen LogP contribution in [0.15, 0.2) is 6.20 Å². The van der Waals surface area contributed by atoms with Crippen LogP contribution in [-0.2, 0) is 4.74 Å². The van der Waals surface area contributed by atoms with E-state index in [1.165, 1.54) is 4.88 Å². The summed E-state index contributed by atoms with van der Waals surface area (Å²) in [6.07, 6.45) is 2.83. The van der Waals surface area contributed by atoms with E-state index in [1.54, 1.807) is 18.4 Å². The first-order chi connectivity index (χ1) is 8.13. The number of hydrogen-bond donors (Lipinski definition) is 2. The molecule has 0 bridgehead atoms. The Bertz CT molecular complexity index is 354. The third-order valence-corrected chi connectivity index (χ3v) is 3.53. The van der Waals surface area contributed by atoms with Gasteiger partial charge in [-0.2, -0.15) is 0 Å². The number of methoxy groups -OCH3 is 1. The maximum absolute atomic E-state index is 5.20.